The van der Waals surface area contributed by atoms with Crippen LogP contribution in [0.5, 0.6) is 23.0 Å². The van der Waals surface area contributed by atoms with Crippen LogP contribution in [0.15, 0.2) is 18.2 Å². The van der Waals surface area contributed by atoms with Crippen molar-refractivity contribution in [3.05, 3.63) is 34.9 Å². The first kappa shape index (κ1) is 17.4. The van der Waals surface area contributed by atoms with Crippen molar-refractivity contribution in [2.75, 3.05) is 20.8 Å². The van der Waals surface area contributed by atoms with Crippen LogP contribution < -0.4 is 9.47 Å². The molecule has 146 valence electrons. The summed E-state index contributed by atoms with van der Waals surface area (Å²) in [6.07, 6.45) is 3.40. The molecule has 0 radical (unpaired) electrons. The number of hydrogen-bond donors (Lipinski definition) is 2. The van der Waals surface area contributed by atoms with E-state index in [0.717, 1.165) is 46.6 Å². The quantitative estimate of drug-likeness (QED) is 0.652. The van der Waals surface area contributed by atoms with Crippen LogP contribution in [0, 0.1) is 6.92 Å². The molecule has 0 bridgehead atoms. The zero-order chi connectivity index (χ0) is 19.6. The van der Waals surface area contributed by atoms with Gasteiger partial charge in [0.05, 0.1) is 14.2 Å². The van der Waals surface area contributed by atoms with Crippen molar-refractivity contribution in [1.29, 1.82) is 0 Å². The van der Waals surface area contributed by atoms with Crippen LogP contribution in [0.4, 0.5) is 0 Å². The third kappa shape index (κ3) is 2.29. The summed E-state index contributed by atoms with van der Waals surface area (Å²) in [7, 11) is 3.19. The lowest BCUT2D eigenvalue weighted by molar-refractivity contribution is 0.229. The summed E-state index contributed by atoms with van der Waals surface area (Å²) in [5.41, 5.74) is 3.56. The number of phenols is 2. The molecule has 5 rings (SSSR count). The third-order valence-corrected chi connectivity index (χ3v) is 6.62. The maximum Gasteiger partial charge on any atom is 0.161 e. The highest BCUT2D eigenvalue weighted by atomic mass is 16.5. The topological polar surface area (TPSA) is 62.2 Å². The first-order valence-corrected chi connectivity index (χ1v) is 9.82. The smallest absolute Gasteiger partial charge is 0.161 e. The maximum atomic E-state index is 10.9. The van der Waals surface area contributed by atoms with Crippen LogP contribution in [0.3, 0.4) is 0 Å². The summed E-state index contributed by atoms with van der Waals surface area (Å²) >= 11 is 0. The van der Waals surface area contributed by atoms with E-state index >= 15 is 0 Å². The Morgan fingerprint density at radius 3 is 2.46 bits per heavy atom. The lowest BCUT2D eigenvalue weighted by Crippen LogP contribution is -2.35. The zero-order valence-electron chi connectivity index (χ0n) is 16.5. The Hall–Kier alpha value is -2.66. The van der Waals surface area contributed by atoms with Crippen LogP contribution >= 0.6 is 0 Å². The normalized spacial score (nSPS) is 19.0. The molecular weight excluding hydrogens is 354 g/mol. The monoisotopic (exact) mass is 379 g/mol. The van der Waals surface area contributed by atoms with Crippen molar-refractivity contribution < 1.29 is 19.7 Å². The number of nitrogens with zero attached hydrogens (tertiary/aromatic N) is 1. The fourth-order valence-electron chi connectivity index (χ4n) is 5.29. The fourth-order valence-corrected chi connectivity index (χ4v) is 5.29. The van der Waals surface area contributed by atoms with E-state index in [1.807, 2.05) is 6.07 Å². The molecule has 5 heteroatoms. The predicted octanol–water partition coefficient (Wildman–Crippen LogP) is 4.25. The molecule has 3 aromatic carbocycles. The molecule has 0 aromatic heterocycles. The molecule has 1 fully saturated rings. The van der Waals surface area contributed by atoms with Crippen molar-refractivity contribution in [2.45, 2.75) is 38.8 Å². The van der Waals surface area contributed by atoms with Gasteiger partial charge in [-0.3, -0.25) is 4.90 Å². The Labute approximate surface area is 164 Å². The molecule has 2 aliphatic heterocycles. The fraction of sp³-hybridized carbons (Fsp3) is 0.391. The maximum absolute atomic E-state index is 10.9. The van der Waals surface area contributed by atoms with Crippen molar-refractivity contribution in [3.8, 4) is 23.0 Å². The number of fused-ring (bicyclic) bond motifs is 7. The minimum absolute atomic E-state index is 0.134. The van der Waals surface area contributed by atoms with Gasteiger partial charge in [-0.15, -0.1) is 0 Å². The van der Waals surface area contributed by atoms with Gasteiger partial charge < -0.3 is 19.7 Å². The number of benzene rings is 3. The van der Waals surface area contributed by atoms with Crippen molar-refractivity contribution in [2.24, 2.45) is 0 Å². The Bertz CT molecular complexity index is 1120. The summed E-state index contributed by atoms with van der Waals surface area (Å²) in [6.45, 7) is 4.04. The minimum atomic E-state index is 0.134. The number of phenolic OH excluding ortho intramolecular Hbond substituents is 2. The number of rotatable bonds is 2. The highest BCUT2D eigenvalue weighted by Crippen LogP contribution is 2.48. The standard InChI is InChI=1S/C23H25NO4/c1-12-20(27-2)10-19(26)23-16-9-21(28-3)18(25)8-15(16)14-7-13-5-4-6-24(13)11-17(14)22(12)23/h8-10,13,25-26H,4-7,11H2,1-3H3. The van der Waals surface area contributed by atoms with Crippen molar-refractivity contribution in [1.82, 2.24) is 4.90 Å². The second-order valence-electron chi connectivity index (χ2n) is 7.97. The summed E-state index contributed by atoms with van der Waals surface area (Å²) in [5, 5.41) is 25.2. The molecule has 2 heterocycles. The molecule has 1 unspecified atom stereocenters. The highest BCUT2D eigenvalue weighted by molar-refractivity contribution is 6.16. The molecule has 1 atom stereocenters. The van der Waals surface area contributed by atoms with Crippen molar-refractivity contribution >= 4 is 21.5 Å². The Morgan fingerprint density at radius 1 is 0.929 bits per heavy atom. The van der Waals surface area contributed by atoms with E-state index in [-0.39, 0.29) is 11.5 Å². The van der Waals surface area contributed by atoms with Crippen molar-refractivity contribution in [3.63, 3.8) is 0 Å². The Balaban J connectivity index is 1.97. The molecule has 0 aliphatic carbocycles. The van der Waals surface area contributed by atoms with Gasteiger partial charge in [-0.1, -0.05) is 0 Å². The highest BCUT2D eigenvalue weighted by Gasteiger charge is 2.33. The molecule has 1 saturated heterocycles. The van der Waals surface area contributed by atoms with Gasteiger partial charge in [-0.2, -0.15) is 0 Å². The van der Waals surface area contributed by atoms with E-state index in [2.05, 4.69) is 11.8 Å². The molecule has 0 saturated carbocycles. The van der Waals surface area contributed by atoms with Gasteiger partial charge in [-0.05, 0) is 77.7 Å². The molecule has 28 heavy (non-hydrogen) atoms. The summed E-state index contributed by atoms with van der Waals surface area (Å²) in [6, 6.07) is 5.89. The van der Waals surface area contributed by atoms with E-state index in [1.54, 1.807) is 26.4 Å². The van der Waals surface area contributed by atoms with Gasteiger partial charge >= 0.3 is 0 Å². The Kier molecular flexibility index (Phi) is 3.85. The summed E-state index contributed by atoms with van der Waals surface area (Å²) in [5.74, 6) is 1.44. The summed E-state index contributed by atoms with van der Waals surface area (Å²) in [4.78, 5) is 2.55. The van der Waals surface area contributed by atoms with Crippen LogP contribution in [0.1, 0.15) is 29.5 Å². The van der Waals surface area contributed by atoms with E-state index in [0.29, 0.717) is 17.5 Å². The van der Waals surface area contributed by atoms with Crippen LogP contribution in [-0.2, 0) is 13.0 Å². The number of aryl methyl sites for hydroxylation is 1. The van der Waals surface area contributed by atoms with Crippen LogP contribution in [-0.4, -0.2) is 41.9 Å². The minimum Gasteiger partial charge on any atom is -0.507 e. The van der Waals surface area contributed by atoms with Gasteiger partial charge in [-0.25, -0.2) is 0 Å². The molecule has 0 amide bonds. The van der Waals surface area contributed by atoms with Gasteiger partial charge in [0, 0.05) is 24.0 Å². The average molecular weight is 379 g/mol. The van der Waals surface area contributed by atoms with Gasteiger partial charge in [0.1, 0.15) is 11.5 Å². The van der Waals surface area contributed by atoms with E-state index in [9.17, 15) is 10.2 Å². The van der Waals surface area contributed by atoms with Gasteiger partial charge in [0.15, 0.2) is 11.5 Å². The van der Waals surface area contributed by atoms with E-state index in [1.165, 1.54) is 24.0 Å². The molecule has 0 spiro atoms. The first-order valence-electron chi connectivity index (χ1n) is 9.82. The SMILES string of the molecule is COc1cc2c(cc1O)c1c(c3c(C)c(OC)cc(O)c32)CN2CCCC2C1. The number of methoxy groups -OCH3 is 2. The van der Waals surface area contributed by atoms with Crippen LogP contribution in [0.25, 0.3) is 21.5 Å². The first-order chi connectivity index (χ1) is 13.5. The Morgan fingerprint density at radius 2 is 1.71 bits per heavy atom. The number of ether oxygens (including phenoxy) is 2. The number of aromatic hydroxyl groups is 2. The molecule has 2 N–H and O–H groups in total. The zero-order valence-corrected chi connectivity index (χ0v) is 16.5. The second-order valence-corrected chi connectivity index (χ2v) is 7.97. The lowest BCUT2D eigenvalue weighted by atomic mass is 9.83. The van der Waals surface area contributed by atoms with E-state index in [4.69, 9.17) is 9.47 Å². The molecule has 3 aromatic rings. The second kappa shape index (κ2) is 6.17. The van der Waals surface area contributed by atoms with Gasteiger partial charge in [0.25, 0.3) is 0 Å². The average Bonchev–Trinajstić information content (AvgIpc) is 3.15. The lowest BCUT2D eigenvalue weighted by Gasteiger charge is -2.34. The predicted molar refractivity (Wildman–Crippen MR) is 110 cm³/mol. The summed E-state index contributed by atoms with van der Waals surface area (Å²) < 4.78 is 10.9. The number of hydrogen-bond acceptors (Lipinski definition) is 5. The third-order valence-electron chi connectivity index (χ3n) is 6.62. The molecule has 5 nitrogen and oxygen atoms in total. The van der Waals surface area contributed by atoms with Gasteiger partial charge in [0.2, 0.25) is 0 Å². The molecule has 2 aliphatic rings. The van der Waals surface area contributed by atoms with E-state index < -0.39 is 0 Å². The van der Waals surface area contributed by atoms with Crippen LogP contribution in [0.2, 0.25) is 0 Å². The largest absolute Gasteiger partial charge is 0.507 e. The molecular formula is C23H25NO4.